The summed E-state index contributed by atoms with van der Waals surface area (Å²) in [6.07, 6.45) is -1.17. The molecule has 1 aliphatic carbocycles. The Morgan fingerprint density at radius 3 is 2.00 bits per heavy atom. The fourth-order valence-electron chi connectivity index (χ4n) is 1.80. The van der Waals surface area contributed by atoms with Crippen LogP contribution in [-0.4, -0.2) is 6.18 Å². The molecule has 0 radical (unpaired) electrons. The average Bonchev–Trinajstić information content (AvgIpc) is 1.86. The second-order valence-corrected chi connectivity index (χ2v) is 3.41. The zero-order chi connectivity index (χ0) is 8.48. The molecule has 0 heterocycles. The van der Waals surface area contributed by atoms with Gasteiger partial charge in [0.15, 0.2) is 0 Å². The molecule has 1 fully saturated rings. The van der Waals surface area contributed by atoms with Crippen molar-refractivity contribution in [3.63, 3.8) is 0 Å². The van der Waals surface area contributed by atoms with Gasteiger partial charge in [-0.3, -0.25) is 0 Å². The summed E-state index contributed by atoms with van der Waals surface area (Å²) in [6.45, 7) is 1.71. The van der Waals surface area contributed by atoms with E-state index < -0.39 is 12.1 Å². The van der Waals surface area contributed by atoms with Crippen molar-refractivity contribution in [3.8, 4) is 0 Å². The molecule has 0 nitrogen and oxygen atoms in total. The molecule has 0 aliphatic heterocycles. The van der Waals surface area contributed by atoms with Gasteiger partial charge in [-0.25, -0.2) is 0 Å². The van der Waals surface area contributed by atoms with E-state index in [4.69, 9.17) is 0 Å². The van der Waals surface area contributed by atoms with E-state index in [0.29, 0.717) is 6.42 Å². The van der Waals surface area contributed by atoms with Gasteiger partial charge in [0, 0.05) is 0 Å². The summed E-state index contributed by atoms with van der Waals surface area (Å²) in [6, 6.07) is 0. The molecule has 66 valence electrons. The van der Waals surface area contributed by atoms with Gasteiger partial charge >= 0.3 is 6.18 Å². The van der Waals surface area contributed by atoms with Crippen molar-refractivity contribution in [1.29, 1.82) is 0 Å². The Bertz CT molecular complexity index is 128. The Balaban J connectivity index is 2.55. The lowest BCUT2D eigenvalue weighted by molar-refractivity contribution is -0.194. The normalized spacial score (nSPS) is 33.8. The van der Waals surface area contributed by atoms with Gasteiger partial charge in [0.25, 0.3) is 0 Å². The molecule has 11 heavy (non-hydrogen) atoms. The van der Waals surface area contributed by atoms with E-state index in [-0.39, 0.29) is 5.92 Å². The van der Waals surface area contributed by atoms with E-state index in [0.717, 1.165) is 19.3 Å². The van der Waals surface area contributed by atoms with Gasteiger partial charge in [0.2, 0.25) is 0 Å². The minimum Gasteiger partial charge on any atom is -0.171 e. The number of hydrogen-bond donors (Lipinski definition) is 0. The largest absolute Gasteiger partial charge is 0.392 e. The van der Waals surface area contributed by atoms with Crippen LogP contribution >= 0.6 is 0 Å². The minimum atomic E-state index is -3.96. The number of halogens is 3. The SMILES string of the molecule is C[C@@H]1CCCC[C@@H]1C(F)(F)F. The molecular formula is C8H13F3. The highest BCUT2D eigenvalue weighted by atomic mass is 19.4. The number of rotatable bonds is 0. The molecule has 0 aromatic rings. The smallest absolute Gasteiger partial charge is 0.171 e. The van der Waals surface area contributed by atoms with Crippen LogP contribution in [-0.2, 0) is 0 Å². The second kappa shape index (κ2) is 3.03. The van der Waals surface area contributed by atoms with Gasteiger partial charge < -0.3 is 0 Å². The van der Waals surface area contributed by atoms with Crippen LogP contribution in [0.1, 0.15) is 32.6 Å². The zero-order valence-electron chi connectivity index (χ0n) is 6.62. The maximum absolute atomic E-state index is 12.2. The average molecular weight is 166 g/mol. The molecule has 1 rings (SSSR count). The van der Waals surface area contributed by atoms with Gasteiger partial charge in [0.1, 0.15) is 0 Å². The molecule has 2 atom stereocenters. The van der Waals surface area contributed by atoms with Crippen LogP contribution in [0.25, 0.3) is 0 Å². The minimum absolute atomic E-state index is 0.163. The summed E-state index contributed by atoms with van der Waals surface area (Å²) in [5.74, 6) is -1.19. The van der Waals surface area contributed by atoms with E-state index in [1.165, 1.54) is 0 Å². The van der Waals surface area contributed by atoms with Gasteiger partial charge in [0.05, 0.1) is 5.92 Å². The third-order valence-corrected chi connectivity index (χ3v) is 2.53. The van der Waals surface area contributed by atoms with Gasteiger partial charge in [-0.05, 0) is 12.3 Å². The first-order valence-electron chi connectivity index (χ1n) is 4.08. The van der Waals surface area contributed by atoms with Crippen molar-refractivity contribution < 1.29 is 13.2 Å². The van der Waals surface area contributed by atoms with Crippen LogP contribution in [0.15, 0.2) is 0 Å². The van der Waals surface area contributed by atoms with Crippen LogP contribution in [0.5, 0.6) is 0 Å². The highest BCUT2D eigenvalue weighted by Gasteiger charge is 2.43. The second-order valence-electron chi connectivity index (χ2n) is 3.41. The maximum Gasteiger partial charge on any atom is 0.392 e. The van der Waals surface area contributed by atoms with E-state index >= 15 is 0 Å². The summed E-state index contributed by atoms with van der Waals surface area (Å²) in [5, 5.41) is 0. The van der Waals surface area contributed by atoms with E-state index in [1.807, 2.05) is 0 Å². The molecule has 0 amide bonds. The Kier molecular flexibility index (Phi) is 2.45. The van der Waals surface area contributed by atoms with E-state index in [1.54, 1.807) is 6.92 Å². The lowest BCUT2D eigenvalue weighted by Crippen LogP contribution is -2.31. The summed E-state index contributed by atoms with van der Waals surface area (Å²) in [5.41, 5.74) is 0. The maximum atomic E-state index is 12.2. The molecular weight excluding hydrogens is 153 g/mol. The van der Waals surface area contributed by atoms with Crippen molar-refractivity contribution in [2.75, 3.05) is 0 Å². The first-order valence-corrected chi connectivity index (χ1v) is 4.08. The molecule has 0 saturated heterocycles. The molecule has 1 aliphatic rings. The third-order valence-electron chi connectivity index (χ3n) is 2.53. The van der Waals surface area contributed by atoms with Crippen LogP contribution in [0, 0.1) is 11.8 Å². The zero-order valence-corrected chi connectivity index (χ0v) is 6.62. The molecule has 3 heteroatoms. The van der Waals surface area contributed by atoms with E-state index in [9.17, 15) is 13.2 Å². The van der Waals surface area contributed by atoms with Crippen molar-refractivity contribution in [3.05, 3.63) is 0 Å². The molecule has 0 aromatic carbocycles. The fourth-order valence-corrected chi connectivity index (χ4v) is 1.80. The molecule has 1 saturated carbocycles. The van der Waals surface area contributed by atoms with Crippen molar-refractivity contribution >= 4 is 0 Å². The van der Waals surface area contributed by atoms with Crippen LogP contribution < -0.4 is 0 Å². The Morgan fingerprint density at radius 2 is 1.64 bits per heavy atom. The first-order chi connectivity index (χ1) is 5.02. The molecule has 0 bridgehead atoms. The van der Waals surface area contributed by atoms with Crippen LogP contribution in [0.2, 0.25) is 0 Å². The lowest BCUT2D eigenvalue weighted by Gasteiger charge is -2.30. The molecule has 0 aromatic heterocycles. The summed E-state index contributed by atoms with van der Waals surface area (Å²) >= 11 is 0. The fraction of sp³-hybridized carbons (Fsp3) is 1.00. The molecule has 0 unspecified atom stereocenters. The van der Waals surface area contributed by atoms with Crippen molar-refractivity contribution in [2.45, 2.75) is 38.8 Å². The van der Waals surface area contributed by atoms with Crippen molar-refractivity contribution in [1.82, 2.24) is 0 Å². The Morgan fingerprint density at radius 1 is 1.09 bits per heavy atom. The van der Waals surface area contributed by atoms with Gasteiger partial charge in [-0.15, -0.1) is 0 Å². The highest BCUT2D eigenvalue weighted by molar-refractivity contribution is 4.77. The summed E-state index contributed by atoms with van der Waals surface area (Å²) in [7, 11) is 0. The van der Waals surface area contributed by atoms with Crippen molar-refractivity contribution in [2.24, 2.45) is 11.8 Å². The first kappa shape index (κ1) is 8.88. The number of alkyl halides is 3. The predicted molar refractivity (Wildman–Crippen MR) is 37.2 cm³/mol. The predicted octanol–water partition coefficient (Wildman–Crippen LogP) is 3.38. The quantitative estimate of drug-likeness (QED) is 0.517. The topological polar surface area (TPSA) is 0 Å². The molecule has 0 N–H and O–H groups in total. The Hall–Kier alpha value is -0.210. The molecule has 0 spiro atoms. The van der Waals surface area contributed by atoms with Crippen LogP contribution in [0.3, 0.4) is 0 Å². The standard InChI is InChI=1S/C8H13F3/c1-6-4-2-3-5-7(6)8(9,10)11/h6-7H,2-5H2,1H3/t6-,7+/m1/s1. The van der Waals surface area contributed by atoms with Gasteiger partial charge in [-0.1, -0.05) is 26.2 Å². The lowest BCUT2D eigenvalue weighted by atomic mass is 9.80. The third kappa shape index (κ3) is 2.11. The number of hydrogen-bond acceptors (Lipinski definition) is 0. The summed E-state index contributed by atoms with van der Waals surface area (Å²) < 4.78 is 36.6. The van der Waals surface area contributed by atoms with Gasteiger partial charge in [-0.2, -0.15) is 13.2 Å². The monoisotopic (exact) mass is 166 g/mol. The summed E-state index contributed by atoms with van der Waals surface area (Å²) in [4.78, 5) is 0. The Labute approximate surface area is 64.8 Å². The van der Waals surface area contributed by atoms with Crippen LogP contribution in [0.4, 0.5) is 13.2 Å². The van der Waals surface area contributed by atoms with E-state index in [2.05, 4.69) is 0 Å². The highest BCUT2D eigenvalue weighted by Crippen LogP contribution is 2.40.